The van der Waals surface area contributed by atoms with Crippen molar-refractivity contribution >= 4 is 39.3 Å². The molecule has 1 N–H and O–H groups in total. The number of amides is 1. The van der Waals surface area contributed by atoms with Gasteiger partial charge in [-0.3, -0.25) is 4.79 Å². The van der Waals surface area contributed by atoms with Gasteiger partial charge in [0.2, 0.25) is 0 Å². The van der Waals surface area contributed by atoms with Gasteiger partial charge in [0, 0.05) is 17.1 Å². The Morgan fingerprint density at radius 1 is 1.17 bits per heavy atom. The monoisotopic (exact) mass is 471 g/mol. The summed E-state index contributed by atoms with van der Waals surface area (Å²) in [6.07, 6.45) is 1.76. The van der Waals surface area contributed by atoms with Crippen molar-refractivity contribution in [3.8, 4) is 11.4 Å². The lowest BCUT2D eigenvalue weighted by molar-refractivity contribution is -0.118. The van der Waals surface area contributed by atoms with Gasteiger partial charge in [0.05, 0.1) is 11.5 Å². The van der Waals surface area contributed by atoms with E-state index < -0.39 is 0 Å². The Morgan fingerprint density at radius 2 is 1.97 bits per heavy atom. The Labute approximate surface area is 182 Å². The number of carbonyl (C=O) groups excluding carboxylic acids is 1. The van der Waals surface area contributed by atoms with Gasteiger partial charge in [-0.25, -0.2) is 5.43 Å². The van der Waals surface area contributed by atoms with Gasteiger partial charge in [-0.15, -0.1) is 10.2 Å². The van der Waals surface area contributed by atoms with E-state index in [9.17, 15) is 4.79 Å². The van der Waals surface area contributed by atoms with E-state index in [0.717, 1.165) is 40.0 Å². The Kier molecular flexibility index (Phi) is 7.60. The second-order valence-corrected chi connectivity index (χ2v) is 8.23. The molecule has 2 aromatic carbocycles. The first-order valence-electron chi connectivity index (χ1n) is 9.27. The topological polar surface area (TPSA) is 72.2 Å². The maximum atomic E-state index is 12.3. The molecule has 3 aromatic rings. The van der Waals surface area contributed by atoms with E-state index in [0.29, 0.717) is 5.16 Å². The van der Waals surface area contributed by atoms with Crippen LogP contribution >= 0.6 is 27.7 Å². The third kappa shape index (κ3) is 5.77. The van der Waals surface area contributed by atoms with Crippen molar-refractivity contribution in [3.63, 3.8) is 0 Å². The van der Waals surface area contributed by atoms with Crippen LogP contribution in [0.25, 0.3) is 11.4 Å². The zero-order valence-electron chi connectivity index (χ0n) is 16.3. The van der Waals surface area contributed by atoms with E-state index in [2.05, 4.69) is 43.6 Å². The number of carbonyl (C=O) groups is 1. The van der Waals surface area contributed by atoms with Crippen LogP contribution in [0.15, 0.2) is 69.3 Å². The molecule has 150 valence electrons. The summed E-state index contributed by atoms with van der Waals surface area (Å²) in [7, 11) is 1.89. The summed E-state index contributed by atoms with van der Waals surface area (Å²) in [5.41, 5.74) is 5.53. The lowest BCUT2D eigenvalue weighted by atomic mass is 10.1. The SMILES string of the molecule is CCCC(=NNC(=O)CSc1nnc(-c2cccc(Br)c2)n1C)c1ccccc1. The smallest absolute Gasteiger partial charge is 0.250 e. The quantitative estimate of drug-likeness (QED) is 0.294. The number of benzene rings is 2. The van der Waals surface area contributed by atoms with Gasteiger partial charge in [0.25, 0.3) is 5.91 Å². The Hall–Kier alpha value is -2.45. The van der Waals surface area contributed by atoms with Gasteiger partial charge >= 0.3 is 0 Å². The molecule has 0 bridgehead atoms. The van der Waals surface area contributed by atoms with E-state index in [1.54, 1.807) is 0 Å². The normalized spacial score (nSPS) is 11.5. The van der Waals surface area contributed by atoms with Crippen LogP contribution in [0.2, 0.25) is 0 Å². The molecule has 8 heteroatoms. The van der Waals surface area contributed by atoms with Crippen LogP contribution in [0.3, 0.4) is 0 Å². The van der Waals surface area contributed by atoms with E-state index in [1.807, 2.05) is 66.2 Å². The van der Waals surface area contributed by atoms with Crippen molar-refractivity contribution in [3.05, 3.63) is 64.6 Å². The number of hydrazone groups is 1. The Morgan fingerprint density at radius 3 is 2.69 bits per heavy atom. The fourth-order valence-corrected chi connectivity index (χ4v) is 3.85. The number of nitrogens with zero attached hydrogens (tertiary/aromatic N) is 4. The highest BCUT2D eigenvalue weighted by atomic mass is 79.9. The Bertz CT molecular complexity index is 1000. The third-order valence-corrected chi connectivity index (χ3v) is 5.67. The van der Waals surface area contributed by atoms with E-state index >= 15 is 0 Å². The molecule has 0 unspecified atom stereocenters. The van der Waals surface area contributed by atoms with Crippen LogP contribution in [0, 0.1) is 0 Å². The van der Waals surface area contributed by atoms with Crippen LogP contribution < -0.4 is 5.43 Å². The molecule has 0 aliphatic rings. The van der Waals surface area contributed by atoms with Gasteiger partial charge in [-0.2, -0.15) is 5.10 Å². The van der Waals surface area contributed by atoms with Crippen LogP contribution in [-0.2, 0) is 11.8 Å². The predicted molar refractivity (Wildman–Crippen MR) is 121 cm³/mol. The minimum Gasteiger partial charge on any atom is -0.305 e. The van der Waals surface area contributed by atoms with Gasteiger partial charge in [-0.05, 0) is 24.1 Å². The molecule has 29 heavy (non-hydrogen) atoms. The van der Waals surface area contributed by atoms with E-state index in [1.165, 1.54) is 11.8 Å². The molecule has 1 amide bonds. The summed E-state index contributed by atoms with van der Waals surface area (Å²) < 4.78 is 2.86. The molecule has 0 fully saturated rings. The molecular weight excluding hydrogens is 450 g/mol. The van der Waals surface area contributed by atoms with Crippen molar-refractivity contribution in [1.29, 1.82) is 0 Å². The lowest BCUT2D eigenvalue weighted by Crippen LogP contribution is -2.22. The van der Waals surface area contributed by atoms with Crippen molar-refractivity contribution in [2.45, 2.75) is 24.9 Å². The molecular formula is C21H22BrN5OS. The number of hydrogen-bond donors (Lipinski definition) is 1. The van der Waals surface area contributed by atoms with Gasteiger partial charge < -0.3 is 4.57 Å². The van der Waals surface area contributed by atoms with E-state index in [4.69, 9.17) is 0 Å². The van der Waals surface area contributed by atoms with Crippen LogP contribution in [0.4, 0.5) is 0 Å². The fourth-order valence-electron chi connectivity index (χ4n) is 2.74. The molecule has 0 saturated carbocycles. The Balaban J connectivity index is 1.62. The van der Waals surface area contributed by atoms with Crippen molar-refractivity contribution in [1.82, 2.24) is 20.2 Å². The molecule has 6 nitrogen and oxygen atoms in total. The molecule has 0 radical (unpaired) electrons. The summed E-state index contributed by atoms with van der Waals surface area (Å²) >= 11 is 4.80. The number of halogens is 1. The molecule has 0 spiro atoms. The second-order valence-electron chi connectivity index (χ2n) is 6.37. The largest absolute Gasteiger partial charge is 0.305 e. The molecule has 0 aliphatic heterocycles. The summed E-state index contributed by atoms with van der Waals surface area (Å²) in [5, 5.41) is 13.5. The maximum Gasteiger partial charge on any atom is 0.250 e. The predicted octanol–water partition coefficient (Wildman–Crippen LogP) is 4.66. The standard InChI is InChI=1S/C21H22BrN5OS/c1-3-8-18(15-9-5-4-6-10-15)23-24-19(28)14-29-21-26-25-20(27(21)2)16-11-7-12-17(22)13-16/h4-7,9-13H,3,8,14H2,1-2H3,(H,24,28). The lowest BCUT2D eigenvalue weighted by Gasteiger charge is -2.07. The number of aromatic nitrogens is 3. The van der Waals surface area contributed by atoms with Crippen LogP contribution in [0.1, 0.15) is 25.3 Å². The van der Waals surface area contributed by atoms with Crippen molar-refractivity contribution in [2.75, 3.05) is 5.75 Å². The van der Waals surface area contributed by atoms with Gasteiger partial charge in [0.1, 0.15) is 0 Å². The van der Waals surface area contributed by atoms with Crippen molar-refractivity contribution in [2.24, 2.45) is 12.1 Å². The second kappa shape index (κ2) is 10.4. The summed E-state index contributed by atoms with van der Waals surface area (Å²) in [5.74, 6) is 0.787. The number of thioether (sulfide) groups is 1. The van der Waals surface area contributed by atoms with Gasteiger partial charge in [-0.1, -0.05) is 83.5 Å². The highest BCUT2D eigenvalue weighted by molar-refractivity contribution is 9.10. The van der Waals surface area contributed by atoms with Gasteiger partial charge in [0.15, 0.2) is 11.0 Å². The zero-order valence-corrected chi connectivity index (χ0v) is 18.7. The fraction of sp³-hybridized carbons (Fsp3) is 0.238. The summed E-state index contributed by atoms with van der Waals surface area (Å²) in [6, 6.07) is 17.8. The number of rotatable bonds is 8. The number of nitrogens with one attached hydrogen (secondary N) is 1. The molecule has 0 atom stereocenters. The number of hydrogen-bond acceptors (Lipinski definition) is 5. The highest BCUT2D eigenvalue weighted by Gasteiger charge is 2.13. The van der Waals surface area contributed by atoms with Crippen molar-refractivity contribution < 1.29 is 4.79 Å². The molecule has 1 aromatic heterocycles. The molecule has 0 saturated heterocycles. The first-order valence-corrected chi connectivity index (χ1v) is 11.0. The summed E-state index contributed by atoms with van der Waals surface area (Å²) in [4.78, 5) is 12.3. The minimum atomic E-state index is -0.175. The third-order valence-electron chi connectivity index (χ3n) is 4.16. The minimum absolute atomic E-state index is 0.175. The first-order chi connectivity index (χ1) is 14.1. The molecule has 1 heterocycles. The highest BCUT2D eigenvalue weighted by Crippen LogP contribution is 2.24. The maximum absolute atomic E-state index is 12.3. The molecule has 0 aliphatic carbocycles. The van der Waals surface area contributed by atoms with Crippen LogP contribution in [0.5, 0.6) is 0 Å². The van der Waals surface area contributed by atoms with E-state index in [-0.39, 0.29) is 11.7 Å². The molecule has 3 rings (SSSR count). The first kappa shape index (κ1) is 21.3. The zero-order chi connectivity index (χ0) is 20.6. The average molecular weight is 472 g/mol. The van der Waals surface area contributed by atoms with Crippen LogP contribution in [-0.4, -0.2) is 32.1 Å². The summed E-state index contributed by atoms with van der Waals surface area (Å²) in [6.45, 7) is 2.09. The average Bonchev–Trinajstić information content (AvgIpc) is 3.10.